The van der Waals surface area contributed by atoms with Crippen LogP contribution in [0.4, 0.5) is 5.82 Å². The molecule has 1 aliphatic rings. The summed E-state index contributed by atoms with van der Waals surface area (Å²) >= 11 is 0. The fourth-order valence-corrected chi connectivity index (χ4v) is 2.62. The van der Waals surface area contributed by atoms with Crippen LogP contribution in [0.5, 0.6) is 0 Å². The van der Waals surface area contributed by atoms with Crippen LogP contribution in [0, 0.1) is 0 Å². The van der Waals surface area contributed by atoms with Crippen LogP contribution in [0.15, 0.2) is 18.3 Å². The molecule has 0 aromatic carbocycles. The third kappa shape index (κ3) is 4.17. The molecule has 1 atom stereocenters. The molecule has 0 bridgehead atoms. The summed E-state index contributed by atoms with van der Waals surface area (Å²) in [6, 6.07) is 3.68. The minimum atomic E-state index is -3.39. The van der Waals surface area contributed by atoms with Crippen molar-refractivity contribution in [2.75, 3.05) is 37.5 Å². The van der Waals surface area contributed by atoms with Crippen LogP contribution >= 0.6 is 0 Å². The van der Waals surface area contributed by atoms with Gasteiger partial charge in [0.05, 0.1) is 13.2 Å². The molecule has 1 amide bonds. The number of nitrogens with one attached hydrogen (secondary N) is 1. The summed E-state index contributed by atoms with van der Waals surface area (Å²) in [7, 11) is -3.39. The van der Waals surface area contributed by atoms with Gasteiger partial charge in [-0.15, -0.1) is 0 Å². The van der Waals surface area contributed by atoms with Crippen LogP contribution < -0.4 is 10.2 Å². The molecule has 2 heterocycles. The lowest BCUT2D eigenvalue weighted by Crippen LogP contribution is -2.39. The van der Waals surface area contributed by atoms with Crippen molar-refractivity contribution in [1.29, 1.82) is 0 Å². The first-order valence-corrected chi connectivity index (χ1v) is 9.08. The molecule has 0 spiro atoms. The Hall–Kier alpha value is -1.67. The summed E-state index contributed by atoms with van der Waals surface area (Å²) in [5, 5.41) is 1.61. The van der Waals surface area contributed by atoms with Crippen LogP contribution in [0.3, 0.4) is 0 Å². The topological polar surface area (TPSA) is 88.6 Å². The van der Waals surface area contributed by atoms with Gasteiger partial charge in [0.25, 0.3) is 0 Å². The molecule has 0 radical (unpaired) electrons. The van der Waals surface area contributed by atoms with Crippen molar-refractivity contribution in [3.05, 3.63) is 23.9 Å². The third-order valence-corrected chi connectivity index (χ3v) is 5.14. The highest BCUT2D eigenvalue weighted by Gasteiger charge is 2.23. The lowest BCUT2D eigenvalue weighted by atomic mass is 10.2. The molecule has 8 heteroatoms. The maximum absolute atomic E-state index is 11.9. The first-order valence-electron chi connectivity index (χ1n) is 7.13. The molecule has 1 aromatic rings. The van der Waals surface area contributed by atoms with E-state index in [0.717, 1.165) is 30.7 Å². The Bertz CT molecular complexity index is 627. The van der Waals surface area contributed by atoms with Gasteiger partial charge >= 0.3 is 0 Å². The second-order valence-corrected chi connectivity index (χ2v) is 7.64. The van der Waals surface area contributed by atoms with E-state index in [-0.39, 0.29) is 6.54 Å². The average molecular weight is 327 g/mol. The van der Waals surface area contributed by atoms with Crippen LogP contribution in [-0.2, 0) is 25.9 Å². The smallest absolute Gasteiger partial charge is 0.238 e. The molecule has 1 aromatic heterocycles. The number of sulfone groups is 1. The van der Waals surface area contributed by atoms with Gasteiger partial charge in [-0.25, -0.2) is 13.4 Å². The molecule has 1 N–H and O–H groups in total. The Morgan fingerprint density at radius 1 is 1.45 bits per heavy atom. The number of hydrogen-bond donors (Lipinski definition) is 1. The van der Waals surface area contributed by atoms with Crippen molar-refractivity contribution >= 4 is 21.6 Å². The van der Waals surface area contributed by atoms with Gasteiger partial charge in [0, 0.05) is 37.7 Å². The summed E-state index contributed by atoms with van der Waals surface area (Å²) in [6.07, 6.45) is 2.76. The van der Waals surface area contributed by atoms with Crippen LogP contribution in [0.2, 0.25) is 0 Å². The number of anilines is 1. The van der Waals surface area contributed by atoms with Gasteiger partial charge < -0.3 is 15.0 Å². The average Bonchev–Trinajstić information content (AvgIpc) is 2.52. The lowest BCUT2D eigenvalue weighted by Gasteiger charge is -2.29. The van der Waals surface area contributed by atoms with E-state index in [2.05, 4.69) is 15.2 Å². The molecular weight excluding hydrogens is 306 g/mol. The standard InChI is InChI=1S/C14H21N3O4S/c1-11(22(2,19)20)14(18)16-10-12-4-3-5-15-13(12)17-6-8-21-9-7-17/h3-5,11H,6-10H2,1-2H3,(H,16,18). The number of pyridine rings is 1. The monoisotopic (exact) mass is 327 g/mol. The van der Waals surface area contributed by atoms with Gasteiger partial charge in [0.15, 0.2) is 9.84 Å². The molecule has 1 aliphatic heterocycles. The fourth-order valence-electron chi connectivity index (χ4n) is 2.15. The molecule has 0 aliphatic carbocycles. The van der Waals surface area contributed by atoms with Crippen molar-refractivity contribution in [2.45, 2.75) is 18.7 Å². The van der Waals surface area contributed by atoms with Crippen molar-refractivity contribution in [1.82, 2.24) is 10.3 Å². The van der Waals surface area contributed by atoms with E-state index < -0.39 is 21.0 Å². The number of nitrogens with zero attached hydrogens (tertiary/aromatic N) is 2. The number of amides is 1. The van der Waals surface area contributed by atoms with E-state index >= 15 is 0 Å². The van der Waals surface area contributed by atoms with Crippen LogP contribution in [0.25, 0.3) is 0 Å². The summed E-state index contributed by atoms with van der Waals surface area (Å²) in [4.78, 5) is 18.4. The highest BCUT2D eigenvalue weighted by Crippen LogP contribution is 2.18. The minimum absolute atomic E-state index is 0.249. The number of carbonyl (C=O) groups excluding carboxylic acids is 1. The van der Waals surface area contributed by atoms with Gasteiger partial charge in [0.1, 0.15) is 11.1 Å². The normalized spacial score (nSPS) is 17.1. The Kier molecular flexibility index (Phi) is 5.36. The quantitative estimate of drug-likeness (QED) is 0.817. The van der Waals surface area contributed by atoms with Crippen molar-refractivity contribution in [3.63, 3.8) is 0 Å². The number of carbonyl (C=O) groups is 1. The zero-order valence-electron chi connectivity index (χ0n) is 12.8. The zero-order valence-corrected chi connectivity index (χ0v) is 13.6. The van der Waals surface area contributed by atoms with E-state index in [4.69, 9.17) is 4.74 Å². The Labute approximate surface area is 130 Å². The molecule has 1 fully saturated rings. The second-order valence-electron chi connectivity index (χ2n) is 5.28. The van der Waals surface area contributed by atoms with Crippen LogP contribution in [-0.4, -0.2) is 57.1 Å². The van der Waals surface area contributed by atoms with Gasteiger partial charge in [-0.1, -0.05) is 6.07 Å². The van der Waals surface area contributed by atoms with E-state index in [9.17, 15) is 13.2 Å². The number of ether oxygens (including phenoxy) is 1. The molecule has 1 saturated heterocycles. The molecule has 2 rings (SSSR count). The minimum Gasteiger partial charge on any atom is -0.378 e. The fraction of sp³-hybridized carbons (Fsp3) is 0.571. The van der Waals surface area contributed by atoms with Crippen molar-refractivity contribution in [2.24, 2.45) is 0 Å². The van der Waals surface area contributed by atoms with E-state index in [1.165, 1.54) is 6.92 Å². The predicted octanol–water partition coefficient (Wildman–Crippen LogP) is -0.0325. The first kappa shape index (κ1) is 16.7. The molecule has 22 heavy (non-hydrogen) atoms. The molecule has 1 unspecified atom stereocenters. The Morgan fingerprint density at radius 3 is 2.77 bits per heavy atom. The van der Waals surface area contributed by atoms with Crippen molar-refractivity contribution < 1.29 is 17.9 Å². The first-order chi connectivity index (χ1) is 10.4. The summed E-state index contributed by atoms with van der Waals surface area (Å²) in [6.45, 7) is 4.42. The van der Waals surface area contributed by atoms with Crippen LogP contribution in [0.1, 0.15) is 12.5 Å². The van der Waals surface area contributed by atoms with Crippen molar-refractivity contribution in [3.8, 4) is 0 Å². The predicted molar refractivity (Wildman–Crippen MR) is 83.4 cm³/mol. The van der Waals surface area contributed by atoms with E-state index in [1.807, 2.05) is 6.07 Å². The van der Waals surface area contributed by atoms with Gasteiger partial charge in [0.2, 0.25) is 5.91 Å². The summed E-state index contributed by atoms with van der Waals surface area (Å²) in [5.74, 6) is 0.303. The lowest BCUT2D eigenvalue weighted by molar-refractivity contribution is -0.120. The van der Waals surface area contributed by atoms with E-state index in [1.54, 1.807) is 12.3 Å². The number of rotatable bonds is 5. The molecular formula is C14H21N3O4S. The zero-order chi connectivity index (χ0) is 16.2. The SMILES string of the molecule is CC(C(=O)NCc1cccnc1N1CCOCC1)S(C)(=O)=O. The largest absolute Gasteiger partial charge is 0.378 e. The molecule has 7 nitrogen and oxygen atoms in total. The summed E-state index contributed by atoms with van der Waals surface area (Å²) in [5.41, 5.74) is 0.860. The summed E-state index contributed by atoms with van der Waals surface area (Å²) < 4.78 is 28.1. The third-order valence-electron chi connectivity index (χ3n) is 3.64. The maximum atomic E-state index is 11.9. The Morgan fingerprint density at radius 2 is 2.14 bits per heavy atom. The number of hydrogen-bond acceptors (Lipinski definition) is 6. The highest BCUT2D eigenvalue weighted by molar-refractivity contribution is 7.92. The number of morpholine rings is 1. The molecule has 0 saturated carbocycles. The molecule has 122 valence electrons. The van der Waals surface area contributed by atoms with E-state index in [0.29, 0.717) is 13.2 Å². The maximum Gasteiger partial charge on any atom is 0.238 e. The highest BCUT2D eigenvalue weighted by atomic mass is 32.2. The van der Waals surface area contributed by atoms with Gasteiger partial charge in [-0.3, -0.25) is 4.79 Å². The van der Waals surface area contributed by atoms with Gasteiger partial charge in [-0.05, 0) is 13.0 Å². The Balaban J connectivity index is 2.05. The second kappa shape index (κ2) is 7.06. The van der Waals surface area contributed by atoms with Gasteiger partial charge in [-0.2, -0.15) is 0 Å². The number of aromatic nitrogens is 1.